The first kappa shape index (κ1) is 11.4. The maximum Gasteiger partial charge on any atom is 0.0113 e. The second-order valence-corrected chi connectivity index (χ2v) is 5.42. The Morgan fingerprint density at radius 1 is 0.933 bits per heavy atom. The zero-order chi connectivity index (χ0) is 10.7. The van der Waals surface area contributed by atoms with Crippen molar-refractivity contribution in [3.63, 3.8) is 0 Å². The van der Waals surface area contributed by atoms with Crippen molar-refractivity contribution in [2.75, 3.05) is 33.2 Å². The molecule has 2 fully saturated rings. The number of piperazine rings is 1. The third kappa shape index (κ3) is 2.94. The van der Waals surface area contributed by atoms with E-state index in [1.165, 1.54) is 58.3 Å². The normalized spacial score (nSPS) is 35.6. The monoisotopic (exact) mass is 210 g/mol. The molecule has 1 saturated heterocycles. The highest BCUT2D eigenvalue weighted by atomic mass is 15.3. The Balaban J connectivity index is 1.75. The Bertz CT molecular complexity index is 177. The van der Waals surface area contributed by atoms with Crippen LogP contribution in [0.4, 0.5) is 0 Å². The summed E-state index contributed by atoms with van der Waals surface area (Å²) in [6.07, 6.45) is 7.28. The van der Waals surface area contributed by atoms with Gasteiger partial charge in [-0.1, -0.05) is 13.3 Å². The van der Waals surface area contributed by atoms with Crippen LogP contribution in [0.2, 0.25) is 0 Å². The molecule has 0 radical (unpaired) electrons. The lowest BCUT2D eigenvalue weighted by Crippen LogP contribution is -2.49. The van der Waals surface area contributed by atoms with Crippen molar-refractivity contribution in [2.24, 2.45) is 5.92 Å². The minimum absolute atomic E-state index is 0.918. The van der Waals surface area contributed by atoms with Crippen LogP contribution in [-0.2, 0) is 0 Å². The fourth-order valence-electron chi connectivity index (χ4n) is 3.11. The van der Waals surface area contributed by atoms with Gasteiger partial charge < -0.3 is 4.90 Å². The van der Waals surface area contributed by atoms with Gasteiger partial charge >= 0.3 is 0 Å². The van der Waals surface area contributed by atoms with Crippen molar-refractivity contribution in [2.45, 2.75) is 45.1 Å². The lowest BCUT2D eigenvalue weighted by atomic mass is 9.84. The molecule has 0 aromatic carbocycles. The number of rotatable bonds is 2. The minimum atomic E-state index is 0.918. The Labute approximate surface area is 94.6 Å². The van der Waals surface area contributed by atoms with Crippen LogP contribution in [0.1, 0.15) is 39.0 Å². The van der Waals surface area contributed by atoms with Gasteiger partial charge in [-0.2, -0.15) is 0 Å². The average molecular weight is 210 g/mol. The van der Waals surface area contributed by atoms with Gasteiger partial charge in [0.05, 0.1) is 0 Å². The van der Waals surface area contributed by atoms with Gasteiger partial charge in [-0.25, -0.2) is 0 Å². The SMILES string of the molecule is CC[C@H]1CC[C@@H](N2CCN(C)CC2)CC1. The van der Waals surface area contributed by atoms with Gasteiger partial charge in [-0.15, -0.1) is 0 Å². The Hall–Kier alpha value is -0.0800. The molecule has 0 aromatic heterocycles. The van der Waals surface area contributed by atoms with Crippen molar-refractivity contribution in [1.29, 1.82) is 0 Å². The molecule has 88 valence electrons. The van der Waals surface area contributed by atoms with E-state index in [2.05, 4.69) is 23.8 Å². The fraction of sp³-hybridized carbons (Fsp3) is 1.00. The van der Waals surface area contributed by atoms with Crippen LogP contribution < -0.4 is 0 Å². The number of hydrogen-bond acceptors (Lipinski definition) is 2. The van der Waals surface area contributed by atoms with E-state index in [0.29, 0.717) is 0 Å². The standard InChI is InChI=1S/C13H26N2/c1-3-12-4-6-13(7-5-12)15-10-8-14(2)9-11-15/h12-13H,3-11H2,1-2H3/t12-,13+. The van der Waals surface area contributed by atoms with Crippen LogP contribution >= 0.6 is 0 Å². The van der Waals surface area contributed by atoms with Crippen molar-refractivity contribution >= 4 is 0 Å². The molecule has 2 rings (SSSR count). The first-order chi connectivity index (χ1) is 7.29. The Kier molecular flexibility index (Phi) is 4.04. The van der Waals surface area contributed by atoms with Gasteiger partial charge in [-0.05, 0) is 38.6 Å². The van der Waals surface area contributed by atoms with Crippen molar-refractivity contribution < 1.29 is 0 Å². The quantitative estimate of drug-likeness (QED) is 0.689. The van der Waals surface area contributed by atoms with E-state index >= 15 is 0 Å². The van der Waals surface area contributed by atoms with Crippen LogP contribution in [-0.4, -0.2) is 49.1 Å². The lowest BCUT2D eigenvalue weighted by Gasteiger charge is -2.41. The summed E-state index contributed by atoms with van der Waals surface area (Å²) in [5.74, 6) is 1.04. The van der Waals surface area contributed by atoms with Crippen LogP contribution in [0, 0.1) is 5.92 Å². The molecule has 0 spiro atoms. The summed E-state index contributed by atoms with van der Waals surface area (Å²) in [7, 11) is 2.24. The van der Waals surface area contributed by atoms with Gasteiger partial charge in [0.15, 0.2) is 0 Å². The van der Waals surface area contributed by atoms with Gasteiger partial charge in [-0.3, -0.25) is 4.90 Å². The predicted molar refractivity (Wildman–Crippen MR) is 65.1 cm³/mol. The minimum Gasteiger partial charge on any atom is -0.304 e. The summed E-state index contributed by atoms with van der Waals surface area (Å²) in [5.41, 5.74) is 0. The second-order valence-electron chi connectivity index (χ2n) is 5.42. The summed E-state index contributed by atoms with van der Waals surface area (Å²) in [6.45, 7) is 7.50. The van der Waals surface area contributed by atoms with Gasteiger partial charge in [0.25, 0.3) is 0 Å². The van der Waals surface area contributed by atoms with E-state index in [0.717, 1.165) is 12.0 Å². The zero-order valence-corrected chi connectivity index (χ0v) is 10.4. The third-order valence-corrected chi connectivity index (χ3v) is 4.45. The summed E-state index contributed by atoms with van der Waals surface area (Å²) >= 11 is 0. The van der Waals surface area contributed by atoms with E-state index in [4.69, 9.17) is 0 Å². The van der Waals surface area contributed by atoms with E-state index in [1.54, 1.807) is 0 Å². The maximum absolute atomic E-state index is 2.74. The fourth-order valence-corrected chi connectivity index (χ4v) is 3.11. The smallest absolute Gasteiger partial charge is 0.0113 e. The van der Waals surface area contributed by atoms with Crippen molar-refractivity contribution in [3.8, 4) is 0 Å². The van der Waals surface area contributed by atoms with Crippen molar-refractivity contribution in [1.82, 2.24) is 9.80 Å². The molecule has 0 unspecified atom stereocenters. The van der Waals surface area contributed by atoms with Crippen molar-refractivity contribution in [3.05, 3.63) is 0 Å². The molecule has 2 aliphatic rings. The number of likely N-dealkylation sites (N-methyl/N-ethyl adjacent to an activating group) is 1. The molecule has 2 heteroatoms. The van der Waals surface area contributed by atoms with Gasteiger partial charge in [0.2, 0.25) is 0 Å². The van der Waals surface area contributed by atoms with Gasteiger partial charge in [0.1, 0.15) is 0 Å². The highest BCUT2D eigenvalue weighted by Crippen LogP contribution is 2.29. The molecule has 15 heavy (non-hydrogen) atoms. The number of nitrogens with zero attached hydrogens (tertiary/aromatic N) is 2. The molecule has 0 atom stereocenters. The first-order valence-electron chi connectivity index (χ1n) is 6.72. The van der Waals surface area contributed by atoms with E-state index in [9.17, 15) is 0 Å². The number of hydrogen-bond donors (Lipinski definition) is 0. The highest BCUT2D eigenvalue weighted by Gasteiger charge is 2.26. The average Bonchev–Trinajstić information content (AvgIpc) is 2.30. The molecule has 0 aromatic rings. The molecule has 1 aliphatic carbocycles. The molecule has 0 amide bonds. The summed E-state index contributed by atoms with van der Waals surface area (Å²) in [6, 6.07) is 0.918. The summed E-state index contributed by atoms with van der Waals surface area (Å²) in [4.78, 5) is 5.19. The maximum atomic E-state index is 2.74. The molecule has 1 saturated carbocycles. The third-order valence-electron chi connectivity index (χ3n) is 4.45. The molecular formula is C13H26N2. The van der Waals surface area contributed by atoms with Crippen LogP contribution in [0.3, 0.4) is 0 Å². The Morgan fingerprint density at radius 2 is 1.53 bits per heavy atom. The first-order valence-corrected chi connectivity index (χ1v) is 6.72. The summed E-state index contributed by atoms with van der Waals surface area (Å²) < 4.78 is 0. The van der Waals surface area contributed by atoms with E-state index in [-0.39, 0.29) is 0 Å². The van der Waals surface area contributed by atoms with E-state index in [1.807, 2.05) is 0 Å². The largest absolute Gasteiger partial charge is 0.304 e. The Morgan fingerprint density at radius 3 is 2.07 bits per heavy atom. The summed E-state index contributed by atoms with van der Waals surface area (Å²) in [5, 5.41) is 0. The molecular weight excluding hydrogens is 184 g/mol. The molecule has 0 bridgehead atoms. The molecule has 1 aliphatic heterocycles. The van der Waals surface area contributed by atoms with Crippen LogP contribution in [0.15, 0.2) is 0 Å². The second kappa shape index (κ2) is 5.31. The van der Waals surface area contributed by atoms with Crippen LogP contribution in [0.25, 0.3) is 0 Å². The molecule has 0 N–H and O–H groups in total. The van der Waals surface area contributed by atoms with E-state index < -0.39 is 0 Å². The predicted octanol–water partition coefficient (Wildman–Crippen LogP) is 2.20. The molecule has 2 nitrogen and oxygen atoms in total. The van der Waals surface area contributed by atoms with Gasteiger partial charge in [0, 0.05) is 32.2 Å². The topological polar surface area (TPSA) is 6.48 Å². The zero-order valence-electron chi connectivity index (χ0n) is 10.4. The highest BCUT2D eigenvalue weighted by molar-refractivity contribution is 4.82. The molecule has 1 heterocycles. The van der Waals surface area contributed by atoms with Crippen LogP contribution in [0.5, 0.6) is 0 Å². The lowest BCUT2D eigenvalue weighted by molar-refractivity contribution is 0.0808.